The van der Waals surface area contributed by atoms with Gasteiger partial charge in [-0.3, -0.25) is 4.79 Å². The van der Waals surface area contributed by atoms with Gasteiger partial charge in [-0.2, -0.15) is 0 Å². The molecule has 1 aliphatic rings. The molecule has 1 amide bonds. The highest BCUT2D eigenvalue weighted by Gasteiger charge is 2.29. The number of benzene rings is 1. The second-order valence-corrected chi connectivity index (χ2v) is 5.72. The van der Waals surface area contributed by atoms with Gasteiger partial charge in [0.05, 0.1) is 26.3 Å². The molecule has 3 rings (SSSR count). The molecule has 26 heavy (non-hydrogen) atoms. The molecule has 8 heteroatoms. The van der Waals surface area contributed by atoms with E-state index in [2.05, 4.69) is 14.7 Å². The molecule has 1 aliphatic heterocycles. The summed E-state index contributed by atoms with van der Waals surface area (Å²) in [7, 11) is 2.82. The van der Waals surface area contributed by atoms with Gasteiger partial charge in [-0.15, -0.1) is 0 Å². The van der Waals surface area contributed by atoms with E-state index in [1.54, 1.807) is 29.2 Å². The molecular weight excluding hydrogens is 338 g/mol. The molecule has 8 nitrogen and oxygen atoms in total. The molecule has 2 aromatic rings. The second kappa shape index (κ2) is 7.81. The number of ether oxygens (including phenoxy) is 3. The summed E-state index contributed by atoms with van der Waals surface area (Å²) >= 11 is 0. The lowest BCUT2D eigenvalue weighted by Gasteiger charge is -2.17. The minimum Gasteiger partial charge on any atom is -0.477 e. The third kappa shape index (κ3) is 3.74. The van der Waals surface area contributed by atoms with Crippen molar-refractivity contribution in [2.45, 2.75) is 12.5 Å². The van der Waals surface area contributed by atoms with Gasteiger partial charge in [0.25, 0.3) is 17.7 Å². The Kier molecular flexibility index (Phi) is 5.31. The van der Waals surface area contributed by atoms with Crippen LogP contribution in [0, 0.1) is 0 Å². The normalized spacial score (nSPS) is 16.2. The summed E-state index contributed by atoms with van der Waals surface area (Å²) in [4.78, 5) is 34.0. The number of rotatable bonds is 5. The van der Waals surface area contributed by atoms with Crippen LogP contribution in [0.25, 0.3) is 0 Å². The van der Waals surface area contributed by atoms with E-state index in [0.29, 0.717) is 42.4 Å². The molecule has 0 saturated carbocycles. The maximum absolute atomic E-state index is 12.6. The number of carbonyl (C=O) groups excluding carboxylic acids is 2. The largest absolute Gasteiger partial charge is 0.477 e. The van der Waals surface area contributed by atoms with Gasteiger partial charge in [0, 0.05) is 30.9 Å². The summed E-state index contributed by atoms with van der Waals surface area (Å²) < 4.78 is 15.6. The van der Waals surface area contributed by atoms with Crippen LogP contribution in [0.2, 0.25) is 0 Å². The van der Waals surface area contributed by atoms with Gasteiger partial charge >= 0.3 is 5.97 Å². The third-order valence-electron chi connectivity index (χ3n) is 4.09. The maximum Gasteiger partial charge on any atom is 0.337 e. The van der Waals surface area contributed by atoms with Crippen molar-refractivity contribution in [3.63, 3.8) is 0 Å². The summed E-state index contributed by atoms with van der Waals surface area (Å²) in [5.41, 5.74) is 0.914. The Hall–Kier alpha value is -3.16. The number of methoxy groups -OCH3 is 2. The number of carbonyl (C=O) groups is 2. The number of aromatic nitrogens is 2. The SMILES string of the molecule is COC(=O)c1ccc(C(=O)N2CCC(Oc3nccnc3OC)C2)cc1. The third-order valence-corrected chi connectivity index (χ3v) is 4.09. The molecule has 1 aromatic heterocycles. The first kappa shape index (κ1) is 17.7. The van der Waals surface area contributed by atoms with E-state index >= 15 is 0 Å². The van der Waals surface area contributed by atoms with Crippen molar-refractivity contribution >= 4 is 11.9 Å². The number of likely N-dealkylation sites (tertiary alicyclic amines) is 1. The zero-order valence-electron chi connectivity index (χ0n) is 14.5. The molecule has 1 unspecified atom stereocenters. The van der Waals surface area contributed by atoms with E-state index in [1.807, 2.05) is 0 Å². The highest BCUT2D eigenvalue weighted by atomic mass is 16.5. The Morgan fingerprint density at radius 2 is 1.69 bits per heavy atom. The van der Waals surface area contributed by atoms with Crippen LogP contribution in [0.5, 0.6) is 11.8 Å². The van der Waals surface area contributed by atoms with Crippen molar-refractivity contribution in [1.29, 1.82) is 0 Å². The molecule has 1 saturated heterocycles. The minimum atomic E-state index is -0.434. The predicted octanol–water partition coefficient (Wildman–Crippen LogP) is 1.57. The molecule has 136 valence electrons. The van der Waals surface area contributed by atoms with Crippen LogP contribution >= 0.6 is 0 Å². The van der Waals surface area contributed by atoms with Gasteiger partial charge in [-0.25, -0.2) is 14.8 Å². The van der Waals surface area contributed by atoms with E-state index in [4.69, 9.17) is 9.47 Å². The zero-order valence-corrected chi connectivity index (χ0v) is 14.5. The molecule has 0 N–H and O–H groups in total. The number of nitrogens with zero attached hydrogens (tertiary/aromatic N) is 3. The van der Waals surface area contributed by atoms with Crippen LogP contribution in [0.1, 0.15) is 27.1 Å². The van der Waals surface area contributed by atoms with Gasteiger partial charge in [-0.1, -0.05) is 0 Å². The number of amides is 1. The van der Waals surface area contributed by atoms with Crippen LogP contribution in [-0.2, 0) is 4.74 Å². The average Bonchev–Trinajstić information content (AvgIpc) is 3.16. The Bertz CT molecular complexity index is 794. The predicted molar refractivity (Wildman–Crippen MR) is 91.3 cm³/mol. The number of hydrogen-bond acceptors (Lipinski definition) is 7. The smallest absolute Gasteiger partial charge is 0.337 e. The molecular formula is C18H19N3O5. The quantitative estimate of drug-likeness (QED) is 0.750. The highest BCUT2D eigenvalue weighted by Crippen LogP contribution is 2.24. The van der Waals surface area contributed by atoms with Crippen molar-refractivity contribution in [3.05, 3.63) is 47.8 Å². The Labute approximate surface area is 150 Å². The Morgan fingerprint density at radius 1 is 1.04 bits per heavy atom. The van der Waals surface area contributed by atoms with Gasteiger partial charge in [-0.05, 0) is 24.3 Å². The first-order valence-electron chi connectivity index (χ1n) is 8.11. The Morgan fingerprint density at radius 3 is 2.35 bits per heavy atom. The van der Waals surface area contributed by atoms with Crippen molar-refractivity contribution in [1.82, 2.24) is 14.9 Å². The lowest BCUT2D eigenvalue weighted by molar-refractivity contribution is 0.0600. The van der Waals surface area contributed by atoms with Gasteiger partial charge in [0.1, 0.15) is 6.10 Å². The molecule has 0 aliphatic carbocycles. The minimum absolute atomic E-state index is 0.112. The summed E-state index contributed by atoms with van der Waals surface area (Å²) in [6.07, 6.45) is 3.55. The van der Waals surface area contributed by atoms with Crippen molar-refractivity contribution in [3.8, 4) is 11.8 Å². The standard InChI is InChI=1S/C18H19N3O5/c1-24-15-16(20-9-8-19-15)26-14-7-10-21(11-14)17(22)12-3-5-13(6-4-12)18(23)25-2/h3-6,8-9,14H,7,10-11H2,1-2H3. The van der Waals surface area contributed by atoms with Gasteiger partial charge in [0.15, 0.2) is 0 Å². The van der Waals surface area contributed by atoms with E-state index in [1.165, 1.54) is 26.6 Å². The van der Waals surface area contributed by atoms with Crippen LogP contribution in [0.4, 0.5) is 0 Å². The van der Waals surface area contributed by atoms with Crippen LogP contribution in [0.3, 0.4) is 0 Å². The zero-order chi connectivity index (χ0) is 18.5. The first-order chi connectivity index (χ1) is 12.6. The summed E-state index contributed by atoms with van der Waals surface area (Å²) in [6.45, 7) is 1.02. The fraction of sp³-hybridized carbons (Fsp3) is 0.333. The number of hydrogen-bond donors (Lipinski definition) is 0. The first-order valence-corrected chi connectivity index (χ1v) is 8.11. The van der Waals surface area contributed by atoms with Crippen molar-refractivity contribution in [2.75, 3.05) is 27.3 Å². The van der Waals surface area contributed by atoms with Gasteiger partial charge in [0.2, 0.25) is 0 Å². The topological polar surface area (TPSA) is 90.9 Å². The fourth-order valence-corrected chi connectivity index (χ4v) is 2.75. The summed E-state index contributed by atoms with van der Waals surface area (Å²) in [5.74, 6) is 0.0857. The van der Waals surface area contributed by atoms with Crippen molar-refractivity contribution in [2.24, 2.45) is 0 Å². The molecule has 1 fully saturated rings. The molecule has 1 atom stereocenters. The maximum atomic E-state index is 12.6. The molecule has 0 bridgehead atoms. The molecule has 0 radical (unpaired) electrons. The average molecular weight is 357 g/mol. The lowest BCUT2D eigenvalue weighted by Crippen LogP contribution is -2.31. The Balaban J connectivity index is 1.63. The van der Waals surface area contributed by atoms with Crippen LogP contribution in [-0.4, -0.2) is 60.2 Å². The second-order valence-electron chi connectivity index (χ2n) is 5.72. The van der Waals surface area contributed by atoms with E-state index in [9.17, 15) is 9.59 Å². The highest BCUT2D eigenvalue weighted by molar-refractivity contribution is 5.96. The van der Waals surface area contributed by atoms with Gasteiger partial charge < -0.3 is 19.1 Å². The summed E-state index contributed by atoms with van der Waals surface area (Å²) in [6, 6.07) is 6.39. The molecule has 1 aromatic carbocycles. The van der Waals surface area contributed by atoms with Crippen molar-refractivity contribution < 1.29 is 23.8 Å². The van der Waals surface area contributed by atoms with E-state index in [0.717, 1.165) is 0 Å². The summed E-state index contributed by atoms with van der Waals surface area (Å²) in [5, 5.41) is 0. The lowest BCUT2D eigenvalue weighted by atomic mass is 10.1. The van der Waals surface area contributed by atoms with Crippen LogP contribution in [0.15, 0.2) is 36.7 Å². The van der Waals surface area contributed by atoms with Crippen LogP contribution < -0.4 is 9.47 Å². The molecule has 0 spiro atoms. The molecule has 2 heterocycles. The van der Waals surface area contributed by atoms with E-state index in [-0.39, 0.29) is 12.0 Å². The van der Waals surface area contributed by atoms with E-state index < -0.39 is 5.97 Å². The monoisotopic (exact) mass is 357 g/mol. The number of esters is 1. The fourth-order valence-electron chi connectivity index (χ4n) is 2.75.